The Kier molecular flexibility index (Phi) is 5.63. The molecule has 29 heavy (non-hydrogen) atoms. The Bertz CT molecular complexity index is 1130. The number of para-hydroxylation sites is 1. The second-order valence-electron chi connectivity index (χ2n) is 6.36. The molecule has 2 aromatic carbocycles. The summed E-state index contributed by atoms with van der Waals surface area (Å²) in [6, 6.07) is 22.2. The van der Waals surface area contributed by atoms with Gasteiger partial charge in [-0.05, 0) is 72.8 Å². The third-order valence-corrected chi connectivity index (χ3v) is 4.65. The molecule has 0 spiro atoms. The van der Waals surface area contributed by atoms with Crippen LogP contribution in [0.25, 0.3) is 11.8 Å². The van der Waals surface area contributed by atoms with Gasteiger partial charge in [0.1, 0.15) is 23.9 Å². The molecule has 0 saturated carbocycles. The van der Waals surface area contributed by atoms with Crippen molar-refractivity contribution in [1.82, 2.24) is 4.57 Å². The van der Waals surface area contributed by atoms with Crippen molar-refractivity contribution in [2.24, 2.45) is 0 Å². The topological polar surface area (TPSA) is 44.4 Å². The van der Waals surface area contributed by atoms with Crippen molar-refractivity contribution in [2.75, 3.05) is 0 Å². The summed E-state index contributed by atoms with van der Waals surface area (Å²) in [5.74, 6) is 1.74. The maximum Gasteiger partial charge on any atom is 0.185 e. The van der Waals surface area contributed by atoms with E-state index >= 15 is 0 Å². The van der Waals surface area contributed by atoms with Crippen molar-refractivity contribution in [3.05, 3.63) is 113 Å². The Morgan fingerprint density at radius 2 is 1.72 bits per heavy atom. The van der Waals surface area contributed by atoms with Crippen LogP contribution in [0.15, 0.2) is 95.7 Å². The first-order valence-corrected chi connectivity index (χ1v) is 9.49. The van der Waals surface area contributed by atoms with Gasteiger partial charge >= 0.3 is 0 Å². The minimum Gasteiger partial charge on any atom is -0.484 e. The molecule has 0 aliphatic rings. The molecular formula is C24H18ClNO3. The molecule has 0 saturated heterocycles. The van der Waals surface area contributed by atoms with E-state index in [1.54, 1.807) is 24.3 Å². The van der Waals surface area contributed by atoms with Gasteiger partial charge in [-0.2, -0.15) is 0 Å². The highest BCUT2D eigenvalue weighted by molar-refractivity contribution is 6.32. The van der Waals surface area contributed by atoms with Gasteiger partial charge in [-0.1, -0.05) is 23.7 Å². The van der Waals surface area contributed by atoms with Crippen LogP contribution >= 0.6 is 11.6 Å². The molecule has 0 unspecified atom stereocenters. The van der Waals surface area contributed by atoms with Crippen molar-refractivity contribution in [3.8, 4) is 11.4 Å². The Balaban J connectivity index is 1.36. The van der Waals surface area contributed by atoms with Gasteiger partial charge in [0.15, 0.2) is 5.78 Å². The first-order chi connectivity index (χ1) is 14.2. The normalized spacial score (nSPS) is 11.1. The summed E-state index contributed by atoms with van der Waals surface area (Å²) >= 11 is 6.07. The van der Waals surface area contributed by atoms with Crippen LogP contribution in [-0.2, 0) is 6.61 Å². The Labute approximate surface area is 173 Å². The molecule has 2 aromatic heterocycles. The van der Waals surface area contributed by atoms with Crippen LogP contribution in [0.5, 0.6) is 5.75 Å². The van der Waals surface area contributed by atoms with E-state index in [1.807, 2.05) is 71.6 Å². The van der Waals surface area contributed by atoms with Gasteiger partial charge in [-0.25, -0.2) is 0 Å². The number of ether oxygens (including phenoxy) is 1. The van der Waals surface area contributed by atoms with Crippen molar-refractivity contribution in [1.29, 1.82) is 0 Å². The van der Waals surface area contributed by atoms with E-state index in [0.29, 0.717) is 27.9 Å². The van der Waals surface area contributed by atoms with E-state index in [4.69, 9.17) is 20.8 Å². The van der Waals surface area contributed by atoms with Gasteiger partial charge in [0.2, 0.25) is 0 Å². The van der Waals surface area contributed by atoms with E-state index < -0.39 is 0 Å². The molecule has 0 amide bonds. The molecule has 0 atom stereocenters. The largest absolute Gasteiger partial charge is 0.484 e. The maximum absolute atomic E-state index is 12.4. The molecule has 4 aromatic rings. The molecule has 0 N–H and O–H groups in total. The summed E-state index contributed by atoms with van der Waals surface area (Å²) in [6.45, 7) is 0.256. The summed E-state index contributed by atoms with van der Waals surface area (Å²) in [5, 5.41) is 0.549. The van der Waals surface area contributed by atoms with Crippen molar-refractivity contribution in [3.63, 3.8) is 0 Å². The van der Waals surface area contributed by atoms with E-state index in [2.05, 4.69) is 0 Å². The monoisotopic (exact) mass is 403 g/mol. The zero-order valence-electron chi connectivity index (χ0n) is 15.5. The Morgan fingerprint density at radius 3 is 2.48 bits per heavy atom. The number of furan rings is 1. The Hall–Kier alpha value is -3.50. The molecule has 0 fully saturated rings. The highest BCUT2D eigenvalue weighted by Gasteiger charge is 2.06. The zero-order valence-corrected chi connectivity index (χ0v) is 16.3. The third kappa shape index (κ3) is 4.68. The van der Waals surface area contributed by atoms with Crippen molar-refractivity contribution < 1.29 is 13.9 Å². The van der Waals surface area contributed by atoms with Gasteiger partial charge in [0.25, 0.3) is 0 Å². The van der Waals surface area contributed by atoms with E-state index in [-0.39, 0.29) is 12.4 Å². The highest BCUT2D eigenvalue weighted by atomic mass is 35.5. The van der Waals surface area contributed by atoms with Crippen LogP contribution in [0.3, 0.4) is 0 Å². The lowest BCUT2D eigenvalue weighted by Gasteiger charge is -2.05. The number of aromatic nitrogens is 1. The van der Waals surface area contributed by atoms with Gasteiger partial charge in [0.05, 0.1) is 5.02 Å². The molecule has 0 aliphatic heterocycles. The van der Waals surface area contributed by atoms with Crippen LogP contribution in [0.1, 0.15) is 21.9 Å². The average molecular weight is 404 g/mol. The van der Waals surface area contributed by atoms with Crippen LogP contribution in [0.4, 0.5) is 0 Å². The minimum absolute atomic E-state index is 0.0886. The van der Waals surface area contributed by atoms with E-state index in [9.17, 15) is 4.79 Å². The van der Waals surface area contributed by atoms with E-state index in [1.165, 1.54) is 6.08 Å². The first-order valence-electron chi connectivity index (χ1n) is 9.11. The van der Waals surface area contributed by atoms with Gasteiger partial charge in [-0.15, -0.1) is 0 Å². The molecule has 0 bridgehead atoms. The molecule has 5 heteroatoms. The summed E-state index contributed by atoms with van der Waals surface area (Å²) in [7, 11) is 0. The predicted molar refractivity (Wildman–Crippen MR) is 114 cm³/mol. The highest BCUT2D eigenvalue weighted by Crippen LogP contribution is 2.24. The number of rotatable bonds is 7. The number of carbonyl (C=O) groups is 1. The quantitative estimate of drug-likeness (QED) is 0.272. The number of ketones is 1. The maximum atomic E-state index is 12.4. The first kappa shape index (κ1) is 18.8. The van der Waals surface area contributed by atoms with Gasteiger partial charge in [-0.3, -0.25) is 4.79 Å². The minimum atomic E-state index is -0.0886. The second-order valence-corrected chi connectivity index (χ2v) is 6.77. The number of benzene rings is 2. The molecule has 2 heterocycles. The molecule has 144 valence electrons. The molecule has 0 radical (unpaired) electrons. The lowest BCUT2D eigenvalue weighted by molar-refractivity contribution is 0.104. The summed E-state index contributed by atoms with van der Waals surface area (Å²) in [4.78, 5) is 12.4. The lowest BCUT2D eigenvalue weighted by atomic mass is 10.1. The number of nitrogens with zero attached hydrogens (tertiary/aromatic N) is 1. The van der Waals surface area contributed by atoms with Crippen LogP contribution in [-0.4, -0.2) is 10.4 Å². The summed E-state index contributed by atoms with van der Waals surface area (Å²) in [5.41, 5.74) is 1.62. The Morgan fingerprint density at radius 1 is 0.966 bits per heavy atom. The SMILES string of the molecule is O=C(/C=C/c1ccc(COc2ccccc2Cl)o1)c1ccc(-n2cccc2)cc1. The average Bonchev–Trinajstić information content (AvgIpc) is 3.44. The van der Waals surface area contributed by atoms with Crippen molar-refractivity contribution >= 4 is 23.5 Å². The number of allylic oxidation sites excluding steroid dienone is 1. The van der Waals surface area contributed by atoms with Crippen molar-refractivity contribution in [2.45, 2.75) is 6.61 Å². The van der Waals surface area contributed by atoms with E-state index in [0.717, 1.165) is 5.69 Å². The number of hydrogen-bond donors (Lipinski definition) is 0. The summed E-state index contributed by atoms with van der Waals surface area (Å²) < 4.78 is 13.3. The smallest absolute Gasteiger partial charge is 0.185 e. The third-order valence-electron chi connectivity index (χ3n) is 4.34. The summed E-state index contributed by atoms with van der Waals surface area (Å²) in [6.07, 6.45) is 7.07. The fourth-order valence-corrected chi connectivity index (χ4v) is 3.02. The zero-order chi connectivity index (χ0) is 20.1. The number of carbonyl (C=O) groups excluding carboxylic acids is 1. The second kappa shape index (κ2) is 8.67. The standard InChI is InChI=1S/C24H18ClNO3/c25-22-5-1-2-6-24(22)28-17-21-12-11-20(29-21)13-14-23(27)18-7-9-19(10-8-18)26-15-3-4-16-26/h1-16H,17H2/b14-13+. The van der Waals surface area contributed by atoms with Crippen LogP contribution in [0.2, 0.25) is 5.02 Å². The fraction of sp³-hybridized carbons (Fsp3) is 0.0417. The lowest BCUT2D eigenvalue weighted by Crippen LogP contribution is -1.96. The van der Waals surface area contributed by atoms with Crippen LogP contribution in [0, 0.1) is 0 Å². The van der Waals surface area contributed by atoms with Gasteiger partial charge < -0.3 is 13.7 Å². The van der Waals surface area contributed by atoms with Crippen LogP contribution < -0.4 is 4.74 Å². The molecule has 4 nitrogen and oxygen atoms in total. The van der Waals surface area contributed by atoms with Gasteiger partial charge in [0, 0.05) is 23.6 Å². The number of halogens is 1. The predicted octanol–water partition coefficient (Wildman–Crippen LogP) is 6.20. The number of hydrogen-bond acceptors (Lipinski definition) is 3. The fourth-order valence-electron chi connectivity index (χ4n) is 2.83. The molecule has 4 rings (SSSR count). The molecule has 0 aliphatic carbocycles. The molecular weight excluding hydrogens is 386 g/mol.